The van der Waals surface area contributed by atoms with Crippen LogP contribution >= 0.6 is 0 Å². The van der Waals surface area contributed by atoms with Crippen LogP contribution in [0.4, 0.5) is 5.82 Å². The molecule has 1 aromatic carbocycles. The van der Waals surface area contributed by atoms with Crippen molar-refractivity contribution >= 4 is 17.6 Å². The molecule has 0 saturated carbocycles. The second-order valence-corrected chi connectivity index (χ2v) is 6.80. The molecule has 1 fully saturated rings. The molecule has 7 heteroatoms. The van der Waals surface area contributed by atoms with Crippen molar-refractivity contribution in [1.82, 2.24) is 9.88 Å². The van der Waals surface area contributed by atoms with E-state index in [1.807, 2.05) is 25.1 Å². The first kappa shape index (κ1) is 19.7. The summed E-state index contributed by atoms with van der Waals surface area (Å²) in [6.07, 6.45) is 2.89. The third-order valence-corrected chi connectivity index (χ3v) is 4.80. The maximum Gasteiger partial charge on any atom is 0.260 e. The molecule has 0 unspecified atom stereocenters. The molecule has 0 atom stereocenters. The average Bonchev–Trinajstić information content (AvgIpc) is 2.73. The molecule has 28 heavy (non-hydrogen) atoms. The van der Waals surface area contributed by atoms with Crippen molar-refractivity contribution in [3.63, 3.8) is 0 Å². The number of carbonyl (C=O) groups is 2. The molecule has 3 rings (SSSR count). The van der Waals surface area contributed by atoms with Crippen LogP contribution in [0.2, 0.25) is 0 Å². The summed E-state index contributed by atoms with van der Waals surface area (Å²) in [7, 11) is 1.57. The Bertz CT molecular complexity index is 818. The molecule has 148 valence electrons. The first-order valence-electron chi connectivity index (χ1n) is 9.34. The number of aryl methyl sites for hydroxylation is 1. The minimum Gasteiger partial charge on any atom is -0.493 e. The van der Waals surface area contributed by atoms with E-state index in [1.54, 1.807) is 36.4 Å². The van der Waals surface area contributed by atoms with Crippen molar-refractivity contribution in [2.75, 3.05) is 32.1 Å². The van der Waals surface area contributed by atoms with Gasteiger partial charge < -0.3 is 19.7 Å². The minimum absolute atomic E-state index is 0.0496. The number of hydrogen-bond acceptors (Lipinski definition) is 5. The number of nitrogens with zero attached hydrogens (tertiary/aromatic N) is 2. The number of pyridine rings is 1. The largest absolute Gasteiger partial charge is 0.493 e. The number of hydrogen-bond donors (Lipinski definition) is 1. The van der Waals surface area contributed by atoms with Gasteiger partial charge in [0.05, 0.1) is 7.11 Å². The monoisotopic (exact) mass is 383 g/mol. The summed E-state index contributed by atoms with van der Waals surface area (Å²) in [4.78, 5) is 30.7. The van der Waals surface area contributed by atoms with E-state index in [2.05, 4.69) is 10.3 Å². The summed E-state index contributed by atoms with van der Waals surface area (Å²) in [6, 6.07) is 11.0. The lowest BCUT2D eigenvalue weighted by atomic mass is 9.96. The van der Waals surface area contributed by atoms with Gasteiger partial charge in [-0.2, -0.15) is 0 Å². The van der Waals surface area contributed by atoms with Crippen molar-refractivity contribution in [3.05, 3.63) is 48.2 Å². The van der Waals surface area contributed by atoms with Crippen LogP contribution in [0.1, 0.15) is 18.4 Å². The lowest BCUT2D eigenvalue weighted by molar-refractivity contribution is -0.136. The molecule has 1 aliphatic rings. The summed E-state index contributed by atoms with van der Waals surface area (Å²) < 4.78 is 10.9. The predicted octanol–water partition coefficient (Wildman–Crippen LogP) is 2.65. The highest BCUT2D eigenvalue weighted by Gasteiger charge is 2.27. The van der Waals surface area contributed by atoms with Crippen LogP contribution in [-0.4, -0.2) is 48.5 Å². The van der Waals surface area contributed by atoms with Crippen molar-refractivity contribution in [2.45, 2.75) is 19.8 Å². The van der Waals surface area contributed by atoms with Crippen molar-refractivity contribution in [1.29, 1.82) is 0 Å². The molecule has 0 bridgehead atoms. The SMILES string of the molecule is COc1cc(C)ccc1OCC(=O)N1CCC(C(=O)Nc2ccccn2)CC1. The maximum atomic E-state index is 12.5. The Balaban J connectivity index is 1.47. The molecule has 1 saturated heterocycles. The topological polar surface area (TPSA) is 80.8 Å². The predicted molar refractivity (Wildman–Crippen MR) is 105 cm³/mol. The Morgan fingerprint density at radius 1 is 1.18 bits per heavy atom. The lowest BCUT2D eigenvalue weighted by Crippen LogP contribution is -2.43. The second-order valence-electron chi connectivity index (χ2n) is 6.80. The highest BCUT2D eigenvalue weighted by Crippen LogP contribution is 2.28. The van der Waals surface area contributed by atoms with Gasteiger partial charge in [-0.05, 0) is 49.6 Å². The van der Waals surface area contributed by atoms with E-state index in [0.717, 1.165) is 5.56 Å². The van der Waals surface area contributed by atoms with Gasteiger partial charge in [0, 0.05) is 25.2 Å². The van der Waals surface area contributed by atoms with Gasteiger partial charge in [0.25, 0.3) is 5.91 Å². The fraction of sp³-hybridized carbons (Fsp3) is 0.381. The number of piperidine rings is 1. The van der Waals surface area contributed by atoms with Gasteiger partial charge in [-0.15, -0.1) is 0 Å². The molecular weight excluding hydrogens is 358 g/mol. The van der Waals surface area contributed by atoms with Gasteiger partial charge in [0.1, 0.15) is 5.82 Å². The van der Waals surface area contributed by atoms with Gasteiger partial charge in [-0.1, -0.05) is 12.1 Å². The molecule has 1 aromatic heterocycles. The van der Waals surface area contributed by atoms with E-state index in [1.165, 1.54) is 0 Å². The molecule has 2 amide bonds. The Morgan fingerprint density at radius 2 is 1.96 bits per heavy atom. The Morgan fingerprint density at radius 3 is 2.64 bits per heavy atom. The van der Waals surface area contributed by atoms with Crippen LogP contribution in [0.5, 0.6) is 11.5 Å². The zero-order valence-corrected chi connectivity index (χ0v) is 16.2. The summed E-state index contributed by atoms with van der Waals surface area (Å²) in [5.74, 6) is 1.44. The highest BCUT2D eigenvalue weighted by molar-refractivity contribution is 5.91. The summed E-state index contributed by atoms with van der Waals surface area (Å²) in [5, 5.41) is 2.83. The number of ether oxygens (including phenoxy) is 2. The van der Waals surface area contributed by atoms with Gasteiger partial charge in [-0.3, -0.25) is 9.59 Å². The van der Waals surface area contributed by atoms with Crippen LogP contribution in [0, 0.1) is 12.8 Å². The molecule has 0 spiro atoms. The van der Waals surface area contributed by atoms with Gasteiger partial charge in [0.2, 0.25) is 5.91 Å². The molecule has 2 heterocycles. The van der Waals surface area contributed by atoms with Crippen LogP contribution in [-0.2, 0) is 9.59 Å². The third-order valence-electron chi connectivity index (χ3n) is 4.80. The number of rotatable bonds is 6. The first-order valence-corrected chi connectivity index (χ1v) is 9.34. The number of carbonyl (C=O) groups excluding carboxylic acids is 2. The van der Waals surface area contributed by atoms with Crippen molar-refractivity contribution in [3.8, 4) is 11.5 Å². The smallest absolute Gasteiger partial charge is 0.260 e. The highest BCUT2D eigenvalue weighted by atomic mass is 16.5. The van der Waals surface area contributed by atoms with Gasteiger partial charge >= 0.3 is 0 Å². The fourth-order valence-corrected chi connectivity index (χ4v) is 3.18. The minimum atomic E-state index is -0.121. The van der Waals surface area contributed by atoms with E-state index in [-0.39, 0.29) is 24.3 Å². The van der Waals surface area contributed by atoms with Gasteiger partial charge in [0.15, 0.2) is 18.1 Å². The maximum absolute atomic E-state index is 12.5. The number of amides is 2. The van der Waals surface area contributed by atoms with E-state index in [9.17, 15) is 9.59 Å². The van der Waals surface area contributed by atoms with E-state index in [0.29, 0.717) is 43.2 Å². The Hall–Kier alpha value is -3.09. The molecule has 0 aliphatic carbocycles. The van der Waals surface area contributed by atoms with E-state index < -0.39 is 0 Å². The van der Waals surface area contributed by atoms with Crippen molar-refractivity contribution in [2.24, 2.45) is 5.92 Å². The normalized spacial score (nSPS) is 14.4. The van der Waals surface area contributed by atoms with Crippen LogP contribution in [0.25, 0.3) is 0 Å². The van der Waals surface area contributed by atoms with Crippen LogP contribution in [0.3, 0.4) is 0 Å². The van der Waals surface area contributed by atoms with Crippen LogP contribution in [0.15, 0.2) is 42.6 Å². The van der Waals surface area contributed by atoms with Crippen molar-refractivity contribution < 1.29 is 19.1 Å². The quantitative estimate of drug-likeness (QED) is 0.829. The number of likely N-dealkylation sites (tertiary alicyclic amines) is 1. The van der Waals surface area contributed by atoms with Crippen LogP contribution < -0.4 is 14.8 Å². The van der Waals surface area contributed by atoms with E-state index >= 15 is 0 Å². The zero-order chi connectivity index (χ0) is 19.9. The first-order chi connectivity index (χ1) is 13.6. The number of nitrogens with one attached hydrogen (secondary N) is 1. The Labute approximate surface area is 164 Å². The lowest BCUT2D eigenvalue weighted by Gasteiger charge is -2.31. The second kappa shape index (κ2) is 9.21. The Kier molecular flexibility index (Phi) is 6.47. The summed E-state index contributed by atoms with van der Waals surface area (Å²) in [6.45, 7) is 2.98. The number of benzene rings is 1. The number of aromatic nitrogens is 1. The fourth-order valence-electron chi connectivity index (χ4n) is 3.18. The zero-order valence-electron chi connectivity index (χ0n) is 16.2. The standard InChI is InChI=1S/C21H25N3O4/c1-15-6-7-17(18(13-15)27-2)28-14-20(25)24-11-8-16(9-12-24)21(26)23-19-5-3-4-10-22-19/h3-7,10,13,16H,8-9,11-12,14H2,1-2H3,(H,22,23,26). The number of methoxy groups -OCH3 is 1. The average molecular weight is 383 g/mol. The summed E-state index contributed by atoms with van der Waals surface area (Å²) >= 11 is 0. The van der Waals surface area contributed by atoms with Gasteiger partial charge in [-0.25, -0.2) is 4.98 Å². The molecular formula is C21H25N3O4. The molecule has 1 N–H and O–H groups in total. The van der Waals surface area contributed by atoms with E-state index in [4.69, 9.17) is 9.47 Å². The molecule has 1 aliphatic heterocycles. The summed E-state index contributed by atoms with van der Waals surface area (Å²) in [5.41, 5.74) is 1.06. The molecule has 7 nitrogen and oxygen atoms in total. The molecule has 2 aromatic rings. The molecule has 0 radical (unpaired) electrons. The third kappa shape index (κ3) is 5.00. The number of anilines is 1.